The summed E-state index contributed by atoms with van der Waals surface area (Å²) in [4.78, 5) is 0. The Morgan fingerprint density at radius 3 is 2.00 bits per heavy atom. The van der Waals surface area contributed by atoms with E-state index >= 15 is 0 Å². The third-order valence-corrected chi connectivity index (χ3v) is 0.762. The van der Waals surface area contributed by atoms with E-state index in [1.54, 1.807) is 5.41 Å². The Labute approximate surface area is 53.7 Å². The van der Waals surface area contributed by atoms with Crippen molar-refractivity contribution in [1.29, 1.82) is 0 Å². The zero-order valence-corrected chi connectivity index (χ0v) is 5.68. The molecule has 0 saturated heterocycles. The third kappa shape index (κ3) is 10.7. The van der Waals surface area contributed by atoms with Gasteiger partial charge in [0.15, 0.2) is 0 Å². The molecule has 0 aromatic heterocycles. The molecular weight excluding hydrogens is 132 g/mol. The Morgan fingerprint density at radius 2 is 2.00 bits per heavy atom. The minimum absolute atomic E-state index is 0. The van der Waals surface area contributed by atoms with E-state index in [1.807, 2.05) is 6.26 Å². The molecule has 0 atom stereocenters. The molecule has 2 nitrogen and oxygen atoms in total. The molecule has 0 aromatic rings. The Morgan fingerprint density at radius 1 is 1.57 bits per heavy atom. The van der Waals surface area contributed by atoms with E-state index in [0.717, 1.165) is 0 Å². The second-order valence-corrected chi connectivity index (χ2v) is 1.56. The average molecular weight is 141 g/mol. The zero-order valence-electron chi connectivity index (χ0n) is 4.05. The van der Waals surface area contributed by atoms with Crippen LogP contribution in [0.3, 0.4) is 0 Å². The van der Waals surface area contributed by atoms with Gasteiger partial charge in [0, 0.05) is 5.41 Å². The number of hydrogen-bond acceptors (Lipinski definition) is 3. The summed E-state index contributed by atoms with van der Waals surface area (Å²) in [7, 11) is 0. The summed E-state index contributed by atoms with van der Waals surface area (Å²) in [5.74, 6) is 0.377. The minimum Gasteiger partial charge on any atom is -0.385 e. The predicted octanol–water partition coefficient (Wildman–Crippen LogP) is 0.488. The van der Waals surface area contributed by atoms with Crippen molar-refractivity contribution in [1.82, 2.24) is 0 Å². The molecule has 0 radical (unpaired) electrons. The summed E-state index contributed by atoms with van der Waals surface area (Å²) in [6, 6.07) is 0. The predicted molar refractivity (Wildman–Crippen MR) is 37.2 cm³/mol. The number of hydrogen-bond donors (Lipinski definition) is 2. The maximum Gasteiger partial charge on any atom is 0.0998 e. The zero-order chi connectivity index (χ0) is 4.99. The number of nitrogens with two attached hydrogens (primary N) is 2. The highest BCUT2D eigenvalue weighted by Gasteiger charge is 1.67. The van der Waals surface area contributed by atoms with Crippen LogP contribution in [-0.2, 0) is 0 Å². The normalized spacial score (nSPS) is 6.43. The topological polar surface area (TPSA) is 52.0 Å². The lowest BCUT2D eigenvalue weighted by Gasteiger charge is -1.82. The molecule has 0 unspecified atom stereocenters. The first-order chi connectivity index (χ1) is 2.77. The Bertz CT molecular complexity index is 60.0. The van der Waals surface area contributed by atoms with Crippen molar-refractivity contribution >= 4 is 24.2 Å². The van der Waals surface area contributed by atoms with Crippen LogP contribution in [0.2, 0.25) is 0 Å². The van der Waals surface area contributed by atoms with E-state index in [-0.39, 0.29) is 12.4 Å². The van der Waals surface area contributed by atoms with Gasteiger partial charge >= 0.3 is 0 Å². The van der Waals surface area contributed by atoms with Gasteiger partial charge in [-0.05, 0) is 6.26 Å². The Hall–Kier alpha value is -0.0200. The highest BCUT2D eigenvalue weighted by molar-refractivity contribution is 8.01. The van der Waals surface area contributed by atoms with Crippen LogP contribution >= 0.6 is 24.2 Å². The van der Waals surface area contributed by atoms with E-state index in [1.165, 1.54) is 11.8 Å². The van der Waals surface area contributed by atoms with Crippen LogP contribution < -0.4 is 11.5 Å². The van der Waals surface area contributed by atoms with E-state index in [0.29, 0.717) is 5.82 Å². The van der Waals surface area contributed by atoms with Gasteiger partial charge in [-0.25, -0.2) is 0 Å². The molecule has 0 spiro atoms. The molecule has 0 bridgehead atoms. The molecule has 0 aliphatic rings. The summed E-state index contributed by atoms with van der Waals surface area (Å²) < 4.78 is 0. The molecule has 0 heterocycles. The van der Waals surface area contributed by atoms with Gasteiger partial charge < -0.3 is 11.5 Å². The van der Waals surface area contributed by atoms with Gasteiger partial charge in [-0.3, -0.25) is 0 Å². The molecule has 4 N–H and O–H groups in total. The fourth-order valence-corrected chi connectivity index (χ4v) is 0.408. The monoisotopic (exact) mass is 140 g/mol. The van der Waals surface area contributed by atoms with Gasteiger partial charge in [0.2, 0.25) is 0 Å². The molecule has 0 aliphatic carbocycles. The van der Waals surface area contributed by atoms with Crippen LogP contribution in [0, 0.1) is 0 Å². The quantitative estimate of drug-likeness (QED) is 0.558. The van der Waals surface area contributed by atoms with Crippen LogP contribution in [0.25, 0.3) is 0 Å². The van der Waals surface area contributed by atoms with Crippen molar-refractivity contribution in [2.24, 2.45) is 11.5 Å². The van der Waals surface area contributed by atoms with Crippen LogP contribution in [0.4, 0.5) is 0 Å². The molecule has 0 saturated carbocycles. The fourth-order valence-electron chi connectivity index (χ4n) is 0.136. The van der Waals surface area contributed by atoms with E-state index in [4.69, 9.17) is 11.5 Å². The molecule has 4 heteroatoms. The van der Waals surface area contributed by atoms with Crippen molar-refractivity contribution in [2.75, 3.05) is 6.26 Å². The van der Waals surface area contributed by atoms with E-state index < -0.39 is 0 Å². The number of halogens is 1. The molecular formula is C3H9ClN2S. The van der Waals surface area contributed by atoms with E-state index in [9.17, 15) is 0 Å². The summed E-state index contributed by atoms with van der Waals surface area (Å²) in [6.07, 6.45) is 1.90. The molecule has 0 fully saturated rings. The van der Waals surface area contributed by atoms with Gasteiger partial charge in [0.05, 0.1) is 5.82 Å². The minimum atomic E-state index is 0. The van der Waals surface area contributed by atoms with Gasteiger partial charge in [-0.15, -0.1) is 24.2 Å². The van der Waals surface area contributed by atoms with Crippen molar-refractivity contribution in [2.45, 2.75) is 0 Å². The van der Waals surface area contributed by atoms with Crippen LogP contribution in [0.15, 0.2) is 11.2 Å². The first-order valence-corrected chi connectivity index (χ1v) is 2.80. The molecule has 7 heavy (non-hydrogen) atoms. The van der Waals surface area contributed by atoms with E-state index in [2.05, 4.69) is 0 Å². The molecule has 0 amide bonds. The highest BCUT2D eigenvalue weighted by atomic mass is 35.5. The average Bonchev–Trinajstić information content (AvgIpc) is 1.35. The molecule has 0 aliphatic heterocycles. The first-order valence-electron chi connectivity index (χ1n) is 1.51. The SMILES string of the molecule is CSC=C(N)N.Cl. The summed E-state index contributed by atoms with van der Waals surface area (Å²) in [5.41, 5.74) is 10.0. The Kier molecular flexibility index (Phi) is 8.60. The van der Waals surface area contributed by atoms with Crippen molar-refractivity contribution in [3.8, 4) is 0 Å². The fraction of sp³-hybridized carbons (Fsp3) is 0.333. The maximum atomic E-state index is 5.02. The lowest BCUT2D eigenvalue weighted by molar-refractivity contribution is 1.27. The van der Waals surface area contributed by atoms with Crippen molar-refractivity contribution < 1.29 is 0 Å². The standard InChI is InChI=1S/C3H8N2S.ClH/c1-6-2-3(4)5;/h2H,4-5H2,1H3;1H. The highest BCUT2D eigenvalue weighted by Crippen LogP contribution is 1.91. The van der Waals surface area contributed by atoms with Gasteiger partial charge in [0.25, 0.3) is 0 Å². The first kappa shape index (κ1) is 10.1. The third-order valence-electron chi connectivity index (χ3n) is 0.254. The van der Waals surface area contributed by atoms with Crippen LogP contribution in [0.5, 0.6) is 0 Å². The number of thioether (sulfide) groups is 1. The van der Waals surface area contributed by atoms with Crippen LogP contribution in [0.1, 0.15) is 0 Å². The summed E-state index contributed by atoms with van der Waals surface area (Å²) in [6.45, 7) is 0. The Balaban J connectivity index is 0. The second kappa shape index (κ2) is 5.98. The van der Waals surface area contributed by atoms with Crippen molar-refractivity contribution in [3.05, 3.63) is 11.2 Å². The number of rotatable bonds is 1. The smallest absolute Gasteiger partial charge is 0.0998 e. The summed E-state index contributed by atoms with van der Waals surface area (Å²) in [5, 5.41) is 1.68. The van der Waals surface area contributed by atoms with Crippen molar-refractivity contribution in [3.63, 3.8) is 0 Å². The summed E-state index contributed by atoms with van der Waals surface area (Å²) >= 11 is 1.50. The largest absolute Gasteiger partial charge is 0.385 e. The molecule has 0 rings (SSSR count). The van der Waals surface area contributed by atoms with Gasteiger partial charge in [-0.2, -0.15) is 0 Å². The second-order valence-electron chi connectivity index (χ2n) is 0.854. The van der Waals surface area contributed by atoms with Gasteiger partial charge in [-0.1, -0.05) is 0 Å². The molecule has 0 aromatic carbocycles. The van der Waals surface area contributed by atoms with Gasteiger partial charge in [0.1, 0.15) is 0 Å². The maximum absolute atomic E-state index is 5.02. The lowest BCUT2D eigenvalue weighted by atomic mass is 10.9. The lowest BCUT2D eigenvalue weighted by Crippen LogP contribution is -2.06. The molecule has 44 valence electrons. The van der Waals surface area contributed by atoms with Crippen LogP contribution in [-0.4, -0.2) is 6.26 Å².